The molecule has 4 heteroatoms. The Morgan fingerprint density at radius 3 is 2.41 bits per heavy atom. The molecule has 2 aromatic carbocycles. The van der Waals surface area contributed by atoms with Gasteiger partial charge < -0.3 is 10.4 Å². The van der Waals surface area contributed by atoms with Gasteiger partial charge >= 0.3 is 0 Å². The van der Waals surface area contributed by atoms with E-state index in [1.54, 1.807) is 24.3 Å². The molecule has 0 fully saturated rings. The summed E-state index contributed by atoms with van der Waals surface area (Å²) in [5.74, 6) is -0.525. The number of hydrogen-bond acceptors (Lipinski definition) is 3. The summed E-state index contributed by atoms with van der Waals surface area (Å²) in [7, 11) is 0. The normalized spacial score (nSPS) is 11.8. The van der Waals surface area contributed by atoms with Crippen molar-refractivity contribution >= 4 is 11.7 Å². The van der Waals surface area contributed by atoms with Crippen LogP contribution in [0.3, 0.4) is 0 Å². The fourth-order valence-corrected chi connectivity index (χ4v) is 2.27. The minimum atomic E-state index is -0.784. The second-order valence-corrected chi connectivity index (χ2v) is 5.24. The third-order valence-corrected chi connectivity index (χ3v) is 3.43. The second kappa shape index (κ2) is 7.00. The van der Waals surface area contributed by atoms with Crippen LogP contribution in [0.15, 0.2) is 48.5 Å². The number of aliphatic hydroxyl groups excluding tert-OH is 1. The largest absolute Gasteiger partial charge is 0.387 e. The van der Waals surface area contributed by atoms with Gasteiger partial charge in [0, 0.05) is 12.1 Å². The first-order valence-corrected chi connectivity index (χ1v) is 7.12. The molecule has 0 aliphatic carbocycles. The van der Waals surface area contributed by atoms with Crippen LogP contribution >= 0.6 is 0 Å². The summed E-state index contributed by atoms with van der Waals surface area (Å²) in [4.78, 5) is 23.7. The molecular formula is C18H19NO3. The van der Waals surface area contributed by atoms with Crippen LogP contribution < -0.4 is 5.32 Å². The maximum atomic E-state index is 12.2. The molecule has 0 heterocycles. The molecule has 1 amide bonds. The Morgan fingerprint density at radius 2 is 1.77 bits per heavy atom. The molecular weight excluding hydrogens is 278 g/mol. The number of aryl methyl sites for hydroxylation is 1. The fraction of sp³-hybridized carbons (Fsp3) is 0.222. The van der Waals surface area contributed by atoms with E-state index in [0.29, 0.717) is 11.1 Å². The van der Waals surface area contributed by atoms with E-state index in [1.165, 1.54) is 6.92 Å². The fourth-order valence-electron chi connectivity index (χ4n) is 2.27. The van der Waals surface area contributed by atoms with Crippen LogP contribution in [-0.4, -0.2) is 23.3 Å². The van der Waals surface area contributed by atoms with Crippen LogP contribution in [0.2, 0.25) is 0 Å². The van der Waals surface area contributed by atoms with Gasteiger partial charge in [-0.25, -0.2) is 0 Å². The molecule has 0 aromatic heterocycles. The predicted octanol–water partition coefficient (Wildman–Crippen LogP) is 2.66. The minimum Gasteiger partial charge on any atom is -0.387 e. The van der Waals surface area contributed by atoms with E-state index in [1.807, 2.05) is 31.2 Å². The lowest BCUT2D eigenvalue weighted by Gasteiger charge is -2.14. The van der Waals surface area contributed by atoms with Crippen LogP contribution in [0.4, 0.5) is 0 Å². The summed E-state index contributed by atoms with van der Waals surface area (Å²) in [6, 6.07) is 14.1. The molecule has 0 aliphatic heterocycles. The highest BCUT2D eigenvalue weighted by Gasteiger charge is 2.15. The lowest BCUT2D eigenvalue weighted by atomic mass is 10.0. The summed E-state index contributed by atoms with van der Waals surface area (Å²) in [5.41, 5.74) is 2.50. The number of aliphatic hydroxyl groups is 1. The first-order chi connectivity index (χ1) is 10.5. The third kappa shape index (κ3) is 3.80. The van der Waals surface area contributed by atoms with E-state index in [-0.39, 0.29) is 18.2 Å². The Kier molecular flexibility index (Phi) is 5.07. The van der Waals surface area contributed by atoms with Crippen molar-refractivity contribution in [2.45, 2.75) is 20.0 Å². The number of carbonyl (C=O) groups excluding carboxylic acids is 2. The number of amides is 1. The molecule has 0 aliphatic rings. The summed E-state index contributed by atoms with van der Waals surface area (Å²) in [5, 5.41) is 12.8. The van der Waals surface area contributed by atoms with Crippen molar-refractivity contribution in [1.82, 2.24) is 5.32 Å². The molecule has 0 spiro atoms. The molecule has 114 valence electrons. The molecule has 22 heavy (non-hydrogen) atoms. The molecule has 0 radical (unpaired) electrons. The van der Waals surface area contributed by atoms with Gasteiger partial charge in [-0.3, -0.25) is 9.59 Å². The molecule has 1 atom stereocenters. The average molecular weight is 297 g/mol. The first kappa shape index (κ1) is 15.9. The maximum Gasteiger partial charge on any atom is 0.252 e. The highest BCUT2D eigenvalue weighted by Crippen LogP contribution is 2.14. The van der Waals surface area contributed by atoms with E-state index in [4.69, 9.17) is 0 Å². The van der Waals surface area contributed by atoms with Crippen molar-refractivity contribution in [1.29, 1.82) is 0 Å². The van der Waals surface area contributed by atoms with Crippen molar-refractivity contribution in [2.24, 2.45) is 0 Å². The van der Waals surface area contributed by atoms with Crippen LogP contribution in [0.5, 0.6) is 0 Å². The number of rotatable bonds is 5. The molecule has 0 bridgehead atoms. The summed E-state index contributed by atoms with van der Waals surface area (Å²) >= 11 is 0. The topological polar surface area (TPSA) is 66.4 Å². The lowest BCUT2D eigenvalue weighted by molar-refractivity contribution is 0.0906. The van der Waals surface area contributed by atoms with Crippen molar-refractivity contribution in [3.8, 4) is 0 Å². The Labute approximate surface area is 129 Å². The second-order valence-electron chi connectivity index (χ2n) is 5.24. The monoisotopic (exact) mass is 297 g/mol. The van der Waals surface area contributed by atoms with Gasteiger partial charge in [0.15, 0.2) is 5.78 Å². The van der Waals surface area contributed by atoms with Gasteiger partial charge in [0.05, 0.1) is 11.7 Å². The highest BCUT2D eigenvalue weighted by atomic mass is 16.3. The summed E-state index contributed by atoms with van der Waals surface area (Å²) in [6.07, 6.45) is -0.784. The van der Waals surface area contributed by atoms with Crippen LogP contribution in [0.25, 0.3) is 0 Å². The van der Waals surface area contributed by atoms with Crippen LogP contribution in [-0.2, 0) is 0 Å². The maximum absolute atomic E-state index is 12.2. The SMILES string of the molecule is CC(=O)c1ccccc1C(=O)NCC(O)c1cccc(C)c1. The zero-order chi connectivity index (χ0) is 16.1. The van der Waals surface area contributed by atoms with Crippen LogP contribution in [0.1, 0.15) is 44.9 Å². The van der Waals surface area contributed by atoms with Gasteiger partial charge in [0.1, 0.15) is 0 Å². The van der Waals surface area contributed by atoms with Crippen molar-refractivity contribution in [3.63, 3.8) is 0 Å². The molecule has 1 unspecified atom stereocenters. The number of ketones is 1. The number of benzene rings is 2. The quantitative estimate of drug-likeness (QED) is 0.834. The zero-order valence-corrected chi connectivity index (χ0v) is 12.7. The molecule has 4 nitrogen and oxygen atoms in total. The van der Waals surface area contributed by atoms with E-state index in [0.717, 1.165) is 11.1 Å². The van der Waals surface area contributed by atoms with E-state index < -0.39 is 6.10 Å². The first-order valence-electron chi connectivity index (χ1n) is 7.12. The standard InChI is InChI=1S/C18H19NO3/c1-12-6-5-7-14(10-12)17(21)11-19-18(22)16-9-4-3-8-15(16)13(2)20/h3-10,17,21H,11H2,1-2H3,(H,19,22). The van der Waals surface area contributed by atoms with Gasteiger partial charge in [-0.15, -0.1) is 0 Å². The highest BCUT2D eigenvalue weighted by molar-refractivity contribution is 6.07. The van der Waals surface area contributed by atoms with E-state index >= 15 is 0 Å². The number of Topliss-reactive ketones (excluding diaryl/α,β-unsaturated/α-hetero) is 1. The average Bonchev–Trinajstić information content (AvgIpc) is 2.52. The van der Waals surface area contributed by atoms with Crippen molar-refractivity contribution < 1.29 is 14.7 Å². The Bertz CT molecular complexity index is 694. The predicted molar refractivity (Wildman–Crippen MR) is 84.9 cm³/mol. The molecule has 2 N–H and O–H groups in total. The number of carbonyl (C=O) groups is 2. The molecule has 2 aromatic rings. The van der Waals surface area contributed by atoms with Crippen molar-refractivity contribution in [2.75, 3.05) is 6.54 Å². The Balaban J connectivity index is 2.06. The zero-order valence-electron chi connectivity index (χ0n) is 12.7. The van der Waals surface area contributed by atoms with E-state index in [9.17, 15) is 14.7 Å². The van der Waals surface area contributed by atoms with Crippen LogP contribution in [0, 0.1) is 6.92 Å². The smallest absolute Gasteiger partial charge is 0.252 e. The van der Waals surface area contributed by atoms with Crippen molar-refractivity contribution in [3.05, 3.63) is 70.8 Å². The number of hydrogen-bond donors (Lipinski definition) is 2. The Morgan fingerprint density at radius 1 is 1.09 bits per heavy atom. The summed E-state index contributed by atoms with van der Waals surface area (Å²) in [6.45, 7) is 3.46. The van der Waals surface area contributed by atoms with Gasteiger partial charge in [0.25, 0.3) is 5.91 Å². The number of nitrogens with one attached hydrogen (secondary N) is 1. The summed E-state index contributed by atoms with van der Waals surface area (Å²) < 4.78 is 0. The molecule has 0 saturated heterocycles. The van der Waals surface area contributed by atoms with Gasteiger partial charge in [-0.1, -0.05) is 48.0 Å². The molecule has 0 saturated carbocycles. The van der Waals surface area contributed by atoms with Gasteiger partial charge in [-0.05, 0) is 25.5 Å². The minimum absolute atomic E-state index is 0.0918. The van der Waals surface area contributed by atoms with Gasteiger partial charge in [-0.2, -0.15) is 0 Å². The third-order valence-electron chi connectivity index (χ3n) is 3.43. The van der Waals surface area contributed by atoms with Gasteiger partial charge in [0.2, 0.25) is 0 Å². The van der Waals surface area contributed by atoms with E-state index in [2.05, 4.69) is 5.32 Å². The molecule has 2 rings (SSSR count). The Hall–Kier alpha value is -2.46. The lowest BCUT2D eigenvalue weighted by Crippen LogP contribution is -2.29.